The molecule has 0 saturated carbocycles. The topological polar surface area (TPSA) is 58.4 Å². The van der Waals surface area contributed by atoms with Crippen molar-refractivity contribution in [2.75, 3.05) is 26.7 Å². The van der Waals surface area contributed by atoms with Crippen molar-refractivity contribution in [2.24, 2.45) is 5.92 Å². The Morgan fingerprint density at radius 2 is 1.91 bits per heavy atom. The van der Waals surface area contributed by atoms with Crippen LogP contribution in [0.1, 0.15) is 43.9 Å². The summed E-state index contributed by atoms with van der Waals surface area (Å²) in [7, 11) is 1.86. The minimum Gasteiger partial charge on any atom is -0.346 e. The third-order valence-corrected chi connectivity index (χ3v) is 6.25. The first-order valence-corrected chi connectivity index (χ1v) is 11.4. The first-order valence-electron chi connectivity index (χ1n) is 11.0. The van der Waals surface area contributed by atoms with Crippen molar-refractivity contribution in [3.05, 3.63) is 52.6 Å². The molecule has 3 rings (SSSR count). The molecule has 1 saturated heterocycles. The molecule has 0 atom stereocenters. The monoisotopic (exact) mass is 460 g/mol. The van der Waals surface area contributed by atoms with Crippen LogP contribution in [0.3, 0.4) is 0 Å². The number of nitrogens with zero attached hydrogens (tertiary/aromatic N) is 4. The highest BCUT2D eigenvalue weighted by molar-refractivity contribution is 6.31. The lowest BCUT2D eigenvalue weighted by Crippen LogP contribution is -2.43. The van der Waals surface area contributed by atoms with Gasteiger partial charge < -0.3 is 9.80 Å². The number of rotatable bonds is 7. The van der Waals surface area contributed by atoms with Gasteiger partial charge in [0.25, 0.3) is 0 Å². The van der Waals surface area contributed by atoms with Crippen molar-refractivity contribution in [1.82, 2.24) is 19.6 Å². The molecule has 1 fully saturated rings. The Bertz CT molecular complexity index is 979. The summed E-state index contributed by atoms with van der Waals surface area (Å²) in [5, 5.41) is 4.77. The van der Waals surface area contributed by atoms with Crippen molar-refractivity contribution < 1.29 is 14.0 Å². The molecule has 1 aromatic carbocycles. The second-order valence-corrected chi connectivity index (χ2v) is 8.58. The lowest BCUT2D eigenvalue weighted by atomic mass is 9.95. The van der Waals surface area contributed by atoms with Gasteiger partial charge >= 0.3 is 0 Å². The fourth-order valence-electron chi connectivity index (χ4n) is 3.88. The number of piperidine rings is 1. The summed E-state index contributed by atoms with van der Waals surface area (Å²) in [6, 6.07) is 5.88. The number of hydrogen-bond donors (Lipinski definition) is 0. The van der Waals surface area contributed by atoms with Gasteiger partial charge in [-0.05, 0) is 56.5 Å². The fourth-order valence-corrected chi connectivity index (χ4v) is 4.21. The number of halogens is 2. The van der Waals surface area contributed by atoms with E-state index in [2.05, 4.69) is 12.0 Å². The smallest absolute Gasteiger partial charge is 0.246 e. The van der Waals surface area contributed by atoms with E-state index in [0.29, 0.717) is 48.0 Å². The van der Waals surface area contributed by atoms with Gasteiger partial charge in [-0.1, -0.05) is 24.9 Å². The maximum absolute atomic E-state index is 13.2. The third kappa shape index (κ3) is 5.57. The molecular weight excluding hydrogens is 431 g/mol. The van der Waals surface area contributed by atoms with E-state index in [4.69, 9.17) is 11.6 Å². The molecule has 0 spiro atoms. The molecule has 0 unspecified atom stereocenters. The zero-order chi connectivity index (χ0) is 23.3. The van der Waals surface area contributed by atoms with Crippen LogP contribution in [0.25, 0.3) is 11.8 Å². The van der Waals surface area contributed by atoms with Crippen LogP contribution in [-0.2, 0) is 9.59 Å². The number of likely N-dealkylation sites (tertiary alicyclic amines) is 1. The average molecular weight is 461 g/mol. The van der Waals surface area contributed by atoms with Crippen molar-refractivity contribution in [3.63, 3.8) is 0 Å². The minimum absolute atomic E-state index is 0.0180. The number of aryl methyl sites for hydroxylation is 1. The summed E-state index contributed by atoms with van der Waals surface area (Å²) in [6.07, 6.45) is 6.59. The number of unbranched alkanes of at least 4 members (excludes halogenated alkanes) is 1. The second kappa shape index (κ2) is 10.8. The van der Waals surface area contributed by atoms with Crippen LogP contribution in [0, 0.1) is 18.7 Å². The van der Waals surface area contributed by atoms with E-state index in [9.17, 15) is 14.0 Å². The Hall–Kier alpha value is -2.67. The van der Waals surface area contributed by atoms with Crippen molar-refractivity contribution in [2.45, 2.75) is 39.5 Å². The van der Waals surface area contributed by atoms with Crippen LogP contribution in [0.2, 0.25) is 5.15 Å². The van der Waals surface area contributed by atoms with Gasteiger partial charge in [-0.25, -0.2) is 9.07 Å². The van der Waals surface area contributed by atoms with E-state index in [1.807, 2.05) is 18.9 Å². The van der Waals surface area contributed by atoms with E-state index in [-0.39, 0.29) is 23.5 Å². The first kappa shape index (κ1) is 24.0. The van der Waals surface area contributed by atoms with Gasteiger partial charge in [0.15, 0.2) is 0 Å². The Kier molecular flexibility index (Phi) is 8.07. The molecular formula is C24H30ClFN4O2. The minimum atomic E-state index is -0.336. The molecule has 2 aromatic rings. The van der Waals surface area contributed by atoms with Crippen LogP contribution in [0.4, 0.5) is 4.39 Å². The summed E-state index contributed by atoms with van der Waals surface area (Å²) in [5.41, 5.74) is 1.95. The summed E-state index contributed by atoms with van der Waals surface area (Å²) < 4.78 is 14.7. The Morgan fingerprint density at radius 1 is 1.25 bits per heavy atom. The third-order valence-electron chi connectivity index (χ3n) is 5.89. The maximum Gasteiger partial charge on any atom is 0.246 e. The number of benzene rings is 1. The predicted octanol–water partition coefficient (Wildman–Crippen LogP) is 4.48. The van der Waals surface area contributed by atoms with E-state index >= 15 is 0 Å². The maximum atomic E-state index is 13.2. The molecule has 6 nitrogen and oxygen atoms in total. The number of amides is 2. The van der Waals surface area contributed by atoms with Gasteiger partial charge in [0.2, 0.25) is 11.8 Å². The van der Waals surface area contributed by atoms with Gasteiger partial charge in [-0.15, -0.1) is 0 Å². The van der Waals surface area contributed by atoms with E-state index in [1.54, 1.807) is 23.1 Å². The molecule has 2 amide bonds. The van der Waals surface area contributed by atoms with Crippen LogP contribution < -0.4 is 0 Å². The molecule has 1 aromatic heterocycles. The molecule has 0 bridgehead atoms. The van der Waals surface area contributed by atoms with Crippen LogP contribution in [0.5, 0.6) is 0 Å². The fraction of sp³-hybridized carbons (Fsp3) is 0.458. The van der Waals surface area contributed by atoms with E-state index in [0.717, 1.165) is 19.4 Å². The van der Waals surface area contributed by atoms with Gasteiger partial charge in [0.1, 0.15) is 11.0 Å². The normalized spacial score (nSPS) is 14.8. The Morgan fingerprint density at radius 3 is 2.53 bits per heavy atom. The summed E-state index contributed by atoms with van der Waals surface area (Å²) in [5.74, 6) is -0.287. The number of aromatic nitrogens is 2. The predicted molar refractivity (Wildman–Crippen MR) is 124 cm³/mol. The summed E-state index contributed by atoms with van der Waals surface area (Å²) in [4.78, 5) is 28.8. The second-order valence-electron chi connectivity index (χ2n) is 8.22. The van der Waals surface area contributed by atoms with Gasteiger partial charge in [-0.3, -0.25) is 9.59 Å². The highest BCUT2D eigenvalue weighted by Gasteiger charge is 2.28. The zero-order valence-electron chi connectivity index (χ0n) is 18.9. The highest BCUT2D eigenvalue weighted by Crippen LogP contribution is 2.25. The highest BCUT2D eigenvalue weighted by atomic mass is 35.5. The van der Waals surface area contributed by atoms with Crippen LogP contribution >= 0.6 is 11.6 Å². The van der Waals surface area contributed by atoms with Gasteiger partial charge in [-0.2, -0.15) is 5.10 Å². The number of carbonyl (C=O) groups excluding carboxylic acids is 2. The Balaban J connectivity index is 1.60. The average Bonchev–Trinajstić information content (AvgIpc) is 3.09. The van der Waals surface area contributed by atoms with Gasteiger partial charge in [0.05, 0.1) is 11.4 Å². The number of hydrogen-bond acceptors (Lipinski definition) is 3. The quantitative estimate of drug-likeness (QED) is 0.572. The van der Waals surface area contributed by atoms with Crippen molar-refractivity contribution in [1.29, 1.82) is 0 Å². The van der Waals surface area contributed by atoms with Gasteiger partial charge in [0, 0.05) is 44.2 Å². The first-order chi connectivity index (χ1) is 15.3. The summed E-state index contributed by atoms with van der Waals surface area (Å²) >= 11 is 6.48. The number of carbonyl (C=O) groups is 2. The van der Waals surface area contributed by atoms with E-state index in [1.165, 1.54) is 22.9 Å². The zero-order valence-corrected chi connectivity index (χ0v) is 19.6. The molecule has 1 aliphatic heterocycles. The molecule has 32 heavy (non-hydrogen) atoms. The van der Waals surface area contributed by atoms with Crippen LogP contribution in [0.15, 0.2) is 30.3 Å². The molecule has 0 aliphatic carbocycles. The lowest BCUT2D eigenvalue weighted by Gasteiger charge is -2.32. The van der Waals surface area contributed by atoms with Crippen LogP contribution in [-0.4, -0.2) is 58.1 Å². The van der Waals surface area contributed by atoms with Crippen molar-refractivity contribution >= 4 is 29.5 Å². The Labute approximate surface area is 193 Å². The molecule has 172 valence electrons. The standard InChI is InChI=1S/C24H30ClFN4O2/c1-4-5-14-28(3)24(32)18-12-15-29(16-13-18)22(31)11-10-21-17(2)27-30(23(21)25)20-8-6-19(26)7-9-20/h6-11,18H,4-5,12-16H2,1-3H3/b11-10+. The molecule has 2 heterocycles. The largest absolute Gasteiger partial charge is 0.346 e. The van der Waals surface area contributed by atoms with E-state index < -0.39 is 0 Å². The lowest BCUT2D eigenvalue weighted by molar-refractivity contribution is -0.138. The molecule has 0 radical (unpaired) electrons. The molecule has 0 N–H and O–H groups in total. The SMILES string of the molecule is CCCCN(C)C(=O)C1CCN(C(=O)/C=C/c2c(C)nn(-c3ccc(F)cc3)c2Cl)CC1. The molecule has 1 aliphatic rings. The summed E-state index contributed by atoms with van der Waals surface area (Å²) in [6.45, 7) is 5.81. The van der Waals surface area contributed by atoms with Crippen molar-refractivity contribution in [3.8, 4) is 5.69 Å². The molecule has 8 heteroatoms.